The lowest BCUT2D eigenvalue weighted by molar-refractivity contribution is 0.000892. The Balaban J connectivity index is 1.68. The molecule has 1 aromatic carbocycles. The zero-order chi connectivity index (χ0) is 24.1. The molecule has 1 atom stereocenters. The van der Waals surface area contributed by atoms with E-state index in [-0.39, 0.29) is 42.7 Å². The van der Waals surface area contributed by atoms with Crippen LogP contribution in [-0.4, -0.2) is 69.8 Å². The third-order valence-electron chi connectivity index (χ3n) is 5.31. The van der Waals surface area contributed by atoms with Crippen molar-refractivity contribution in [3.05, 3.63) is 40.6 Å². The average molecular weight is 482 g/mol. The van der Waals surface area contributed by atoms with Crippen molar-refractivity contribution in [1.29, 1.82) is 0 Å². The summed E-state index contributed by atoms with van der Waals surface area (Å²) in [5, 5.41) is 9.77. The van der Waals surface area contributed by atoms with E-state index in [2.05, 4.69) is 4.98 Å². The van der Waals surface area contributed by atoms with Crippen molar-refractivity contribution in [2.75, 3.05) is 26.2 Å². The van der Waals surface area contributed by atoms with Gasteiger partial charge in [-0.3, -0.25) is 4.79 Å². The van der Waals surface area contributed by atoms with Crippen molar-refractivity contribution in [3.8, 4) is 22.8 Å². The summed E-state index contributed by atoms with van der Waals surface area (Å²) in [6.07, 6.45) is -0.528. The number of carbonyl (C=O) groups excluding carboxylic acids is 2. The van der Waals surface area contributed by atoms with Crippen molar-refractivity contribution in [3.63, 3.8) is 0 Å². The van der Waals surface area contributed by atoms with Crippen molar-refractivity contribution < 1.29 is 33.0 Å². The number of pyridine rings is 1. The predicted octanol–water partition coefficient (Wildman–Crippen LogP) is 3.84. The number of hydrogen-bond acceptors (Lipinski definition) is 6. The van der Waals surface area contributed by atoms with Gasteiger partial charge in [-0.25, -0.2) is 14.2 Å². The number of fused-ring (bicyclic) bond motifs is 2. The first-order valence-electron chi connectivity index (χ1n) is 10.3. The van der Waals surface area contributed by atoms with E-state index in [1.165, 1.54) is 21.9 Å². The standard InChI is InChI=1S/C22H22ClF2N3O5/c1-22(2,3)33-21(31)27-7-8-28-11(9-27)10-32-18-15(20(28)30)19(25)26-17(16(18)23)14-12(24)5-4-6-13(14)29/h4-6,11,29H,7-10H2,1-3H3. The van der Waals surface area contributed by atoms with Gasteiger partial charge in [0, 0.05) is 19.6 Å². The Morgan fingerprint density at radius 1 is 1.27 bits per heavy atom. The Morgan fingerprint density at radius 3 is 2.67 bits per heavy atom. The molecule has 1 N–H and O–H groups in total. The number of phenols is 1. The number of carbonyl (C=O) groups is 2. The fourth-order valence-corrected chi connectivity index (χ4v) is 4.11. The second-order valence-electron chi connectivity index (χ2n) is 8.79. The topological polar surface area (TPSA) is 92.2 Å². The molecule has 1 unspecified atom stereocenters. The first kappa shape index (κ1) is 23.0. The van der Waals surface area contributed by atoms with Gasteiger partial charge >= 0.3 is 6.09 Å². The van der Waals surface area contributed by atoms with Crippen LogP contribution in [0.25, 0.3) is 11.3 Å². The molecule has 0 aliphatic carbocycles. The van der Waals surface area contributed by atoms with Gasteiger partial charge in [-0.1, -0.05) is 17.7 Å². The summed E-state index contributed by atoms with van der Waals surface area (Å²) in [4.78, 5) is 32.2. The van der Waals surface area contributed by atoms with Crippen LogP contribution in [0.1, 0.15) is 31.1 Å². The van der Waals surface area contributed by atoms with Crippen molar-refractivity contribution >= 4 is 23.6 Å². The first-order chi connectivity index (χ1) is 15.5. The molecule has 0 saturated carbocycles. The van der Waals surface area contributed by atoms with Gasteiger partial charge in [0.25, 0.3) is 5.91 Å². The van der Waals surface area contributed by atoms with E-state index in [1.54, 1.807) is 20.8 Å². The third-order valence-corrected chi connectivity index (χ3v) is 5.66. The molecule has 4 rings (SSSR count). The maximum absolute atomic E-state index is 15.1. The van der Waals surface area contributed by atoms with Crippen molar-refractivity contribution in [2.24, 2.45) is 0 Å². The fraction of sp³-hybridized carbons (Fsp3) is 0.409. The minimum absolute atomic E-state index is 0.0933. The molecule has 1 fully saturated rings. The summed E-state index contributed by atoms with van der Waals surface area (Å²) in [6, 6.07) is 2.95. The van der Waals surface area contributed by atoms with Crippen LogP contribution in [0.2, 0.25) is 5.02 Å². The number of aromatic nitrogens is 1. The van der Waals surface area contributed by atoms with E-state index in [0.717, 1.165) is 6.07 Å². The highest BCUT2D eigenvalue weighted by Crippen LogP contribution is 2.43. The normalized spacial score (nSPS) is 18.2. The molecule has 11 heteroatoms. The number of hydrogen-bond donors (Lipinski definition) is 1. The molecule has 2 aliphatic rings. The van der Waals surface area contributed by atoms with E-state index in [0.29, 0.717) is 0 Å². The molecule has 0 radical (unpaired) electrons. The summed E-state index contributed by atoms with van der Waals surface area (Å²) in [7, 11) is 0. The largest absolute Gasteiger partial charge is 0.507 e. The van der Waals surface area contributed by atoms with Crippen molar-refractivity contribution in [1.82, 2.24) is 14.8 Å². The zero-order valence-electron chi connectivity index (χ0n) is 18.2. The van der Waals surface area contributed by atoms with E-state index in [4.69, 9.17) is 21.1 Å². The van der Waals surface area contributed by atoms with Crippen LogP contribution in [0.3, 0.4) is 0 Å². The number of piperazine rings is 1. The van der Waals surface area contributed by atoms with E-state index >= 15 is 4.39 Å². The molecule has 176 valence electrons. The van der Waals surface area contributed by atoms with Gasteiger partial charge in [-0.15, -0.1) is 0 Å². The monoisotopic (exact) mass is 481 g/mol. The van der Waals surface area contributed by atoms with Gasteiger partial charge in [-0.05, 0) is 32.9 Å². The lowest BCUT2D eigenvalue weighted by Crippen LogP contribution is -2.58. The lowest BCUT2D eigenvalue weighted by Gasteiger charge is -2.40. The summed E-state index contributed by atoms with van der Waals surface area (Å²) in [6.45, 7) is 5.58. The molecule has 3 heterocycles. The molecule has 33 heavy (non-hydrogen) atoms. The average Bonchev–Trinajstić information content (AvgIpc) is 2.87. The number of nitrogens with zero attached hydrogens (tertiary/aromatic N) is 3. The molecule has 2 amide bonds. The molecule has 8 nitrogen and oxygen atoms in total. The SMILES string of the molecule is CC(C)(C)OC(=O)N1CCN2C(=O)c3c(F)nc(-c4c(O)cccc4F)c(Cl)c3OCC2C1. The number of ether oxygens (including phenoxy) is 2. The molecule has 0 spiro atoms. The van der Waals surface area contributed by atoms with Crippen LogP contribution < -0.4 is 4.74 Å². The van der Waals surface area contributed by atoms with Gasteiger partial charge in [-0.2, -0.15) is 4.39 Å². The summed E-state index contributed by atoms with van der Waals surface area (Å²) in [5.41, 5.74) is -1.95. The summed E-state index contributed by atoms with van der Waals surface area (Å²) in [5.74, 6) is -3.55. The van der Waals surface area contributed by atoms with Crippen molar-refractivity contribution in [2.45, 2.75) is 32.4 Å². The Morgan fingerprint density at radius 2 is 2.00 bits per heavy atom. The molecular weight excluding hydrogens is 460 g/mol. The number of halogens is 3. The van der Waals surface area contributed by atoms with Crippen LogP contribution >= 0.6 is 11.6 Å². The number of aromatic hydroxyl groups is 1. The highest BCUT2D eigenvalue weighted by molar-refractivity contribution is 6.35. The third kappa shape index (κ3) is 4.27. The van der Waals surface area contributed by atoms with Gasteiger partial charge in [0.2, 0.25) is 5.95 Å². The Labute approximate surface area is 193 Å². The molecule has 1 saturated heterocycles. The fourth-order valence-electron chi connectivity index (χ4n) is 3.83. The lowest BCUT2D eigenvalue weighted by atomic mass is 10.1. The molecular formula is C22H22ClF2N3O5. The quantitative estimate of drug-likeness (QED) is 0.622. The minimum atomic E-state index is -1.20. The smallest absolute Gasteiger partial charge is 0.410 e. The number of rotatable bonds is 1. The van der Waals surface area contributed by atoms with E-state index < -0.39 is 52.3 Å². The highest BCUT2D eigenvalue weighted by Gasteiger charge is 2.41. The number of phenolic OH excluding ortho intramolecular Hbond substituents is 1. The Hall–Kier alpha value is -3.14. The second kappa shape index (κ2) is 8.33. The summed E-state index contributed by atoms with van der Waals surface area (Å²) >= 11 is 6.38. The summed E-state index contributed by atoms with van der Waals surface area (Å²) < 4.78 is 40.5. The minimum Gasteiger partial charge on any atom is -0.507 e. The second-order valence-corrected chi connectivity index (χ2v) is 9.17. The number of benzene rings is 1. The predicted molar refractivity (Wildman–Crippen MR) is 114 cm³/mol. The molecule has 1 aromatic heterocycles. The first-order valence-corrected chi connectivity index (χ1v) is 10.6. The molecule has 2 aromatic rings. The number of amides is 2. The van der Waals surface area contributed by atoms with Crippen LogP contribution in [0.15, 0.2) is 18.2 Å². The van der Waals surface area contributed by atoms with Crippen LogP contribution in [0, 0.1) is 11.8 Å². The molecule has 2 aliphatic heterocycles. The zero-order valence-corrected chi connectivity index (χ0v) is 18.9. The maximum atomic E-state index is 15.1. The van der Waals surface area contributed by atoms with Gasteiger partial charge in [0.15, 0.2) is 5.75 Å². The van der Waals surface area contributed by atoms with E-state index in [9.17, 15) is 19.1 Å². The van der Waals surface area contributed by atoms with Gasteiger partial charge < -0.3 is 24.4 Å². The maximum Gasteiger partial charge on any atom is 0.410 e. The van der Waals surface area contributed by atoms with Gasteiger partial charge in [0.05, 0.1) is 11.6 Å². The Kier molecular flexibility index (Phi) is 5.81. The van der Waals surface area contributed by atoms with Crippen LogP contribution in [-0.2, 0) is 4.74 Å². The highest BCUT2D eigenvalue weighted by atomic mass is 35.5. The van der Waals surface area contributed by atoms with E-state index in [1.807, 2.05) is 0 Å². The van der Waals surface area contributed by atoms with Crippen LogP contribution in [0.4, 0.5) is 13.6 Å². The Bertz CT molecular complexity index is 1120. The van der Waals surface area contributed by atoms with Crippen LogP contribution in [0.5, 0.6) is 11.5 Å². The van der Waals surface area contributed by atoms with Gasteiger partial charge in [0.1, 0.15) is 40.1 Å². The molecule has 0 bridgehead atoms.